The van der Waals surface area contributed by atoms with Crippen LogP contribution in [0.2, 0.25) is 0 Å². The molecule has 142 valence electrons. The summed E-state index contributed by atoms with van der Waals surface area (Å²) < 4.78 is 0. The van der Waals surface area contributed by atoms with E-state index in [0.717, 1.165) is 0 Å². The maximum absolute atomic E-state index is 12.2. The first-order chi connectivity index (χ1) is 11.9. The number of nitrogens with two attached hydrogens (primary N) is 2. The van der Waals surface area contributed by atoms with Crippen LogP contribution in [0.3, 0.4) is 0 Å². The summed E-state index contributed by atoms with van der Waals surface area (Å²) in [5, 5.41) is 14.1. The molecule has 3 amide bonds. The van der Waals surface area contributed by atoms with Gasteiger partial charge in [0.05, 0.1) is 13.1 Å². The van der Waals surface area contributed by atoms with E-state index in [9.17, 15) is 19.2 Å². The molecule has 0 aliphatic carbocycles. The molecule has 1 aliphatic heterocycles. The van der Waals surface area contributed by atoms with Crippen LogP contribution < -0.4 is 22.1 Å². The van der Waals surface area contributed by atoms with Crippen molar-refractivity contribution < 1.29 is 24.3 Å². The fourth-order valence-electron chi connectivity index (χ4n) is 2.72. The average molecular weight is 357 g/mol. The monoisotopic (exact) mass is 357 g/mol. The molecule has 25 heavy (non-hydrogen) atoms. The first kappa shape index (κ1) is 20.8. The Morgan fingerprint density at radius 1 is 1.20 bits per heavy atom. The Morgan fingerprint density at radius 2 is 1.92 bits per heavy atom. The predicted molar refractivity (Wildman–Crippen MR) is 89.3 cm³/mol. The average Bonchev–Trinajstić information content (AvgIpc) is 3.08. The Hall–Kier alpha value is -2.20. The zero-order valence-electron chi connectivity index (χ0n) is 14.2. The highest BCUT2D eigenvalue weighted by Crippen LogP contribution is 2.17. The highest BCUT2D eigenvalue weighted by molar-refractivity contribution is 5.92. The molecule has 1 rings (SSSR count). The second-order valence-electron chi connectivity index (χ2n) is 5.91. The summed E-state index contributed by atoms with van der Waals surface area (Å²) >= 11 is 0. The van der Waals surface area contributed by atoms with Crippen LogP contribution in [0.15, 0.2) is 0 Å². The second kappa shape index (κ2) is 10.6. The summed E-state index contributed by atoms with van der Waals surface area (Å²) in [6.07, 6.45) is 2.74. The van der Waals surface area contributed by atoms with Crippen molar-refractivity contribution in [3.63, 3.8) is 0 Å². The molecule has 2 atom stereocenters. The summed E-state index contributed by atoms with van der Waals surface area (Å²) in [6, 6.07) is -1.65. The van der Waals surface area contributed by atoms with E-state index in [4.69, 9.17) is 16.6 Å². The minimum absolute atomic E-state index is 0.242. The van der Waals surface area contributed by atoms with Crippen LogP contribution in [-0.2, 0) is 19.2 Å². The Labute approximate surface area is 146 Å². The highest BCUT2D eigenvalue weighted by Gasteiger charge is 2.34. The Bertz CT molecular complexity index is 499. The molecule has 0 aromatic rings. The van der Waals surface area contributed by atoms with Crippen molar-refractivity contribution >= 4 is 23.7 Å². The van der Waals surface area contributed by atoms with Crippen molar-refractivity contribution in [3.8, 4) is 0 Å². The van der Waals surface area contributed by atoms with Crippen LogP contribution in [0.25, 0.3) is 0 Å². The molecule has 0 spiro atoms. The first-order valence-electron chi connectivity index (χ1n) is 8.40. The Morgan fingerprint density at radius 3 is 2.52 bits per heavy atom. The van der Waals surface area contributed by atoms with Gasteiger partial charge in [-0.25, -0.2) is 4.79 Å². The maximum atomic E-state index is 12.2. The predicted octanol–water partition coefficient (Wildman–Crippen LogP) is -2.25. The number of rotatable bonds is 10. The molecule has 1 heterocycles. The van der Waals surface area contributed by atoms with Gasteiger partial charge in [-0.3, -0.25) is 14.4 Å². The van der Waals surface area contributed by atoms with E-state index in [1.54, 1.807) is 0 Å². The molecule has 10 nitrogen and oxygen atoms in total. The Kier molecular flexibility index (Phi) is 8.86. The maximum Gasteiger partial charge on any atom is 0.326 e. The summed E-state index contributed by atoms with van der Waals surface area (Å²) in [6.45, 7) is 0.279. The number of carboxylic acid groups (broad SMARTS) is 1. The first-order valence-corrected chi connectivity index (χ1v) is 8.40. The zero-order valence-corrected chi connectivity index (χ0v) is 14.2. The lowest BCUT2D eigenvalue weighted by Crippen LogP contribution is -2.51. The van der Waals surface area contributed by atoms with Crippen molar-refractivity contribution in [1.82, 2.24) is 15.5 Å². The molecule has 0 radical (unpaired) electrons. The van der Waals surface area contributed by atoms with E-state index in [-0.39, 0.29) is 13.1 Å². The minimum atomic E-state index is -1.05. The van der Waals surface area contributed by atoms with E-state index >= 15 is 0 Å². The summed E-state index contributed by atoms with van der Waals surface area (Å²) in [5.41, 5.74) is 10.7. The smallest absolute Gasteiger partial charge is 0.326 e. The molecule has 7 N–H and O–H groups in total. The van der Waals surface area contributed by atoms with E-state index in [0.29, 0.717) is 45.2 Å². The number of hydrogen-bond acceptors (Lipinski definition) is 6. The zero-order chi connectivity index (χ0) is 18.8. The van der Waals surface area contributed by atoms with Crippen molar-refractivity contribution in [3.05, 3.63) is 0 Å². The normalized spacial score (nSPS) is 17.8. The lowest BCUT2D eigenvalue weighted by molar-refractivity contribution is -0.148. The van der Waals surface area contributed by atoms with Gasteiger partial charge in [0.2, 0.25) is 17.7 Å². The number of carbonyl (C=O) groups excluding carboxylic acids is 3. The lowest BCUT2D eigenvalue weighted by atomic mass is 10.1. The second-order valence-corrected chi connectivity index (χ2v) is 5.91. The number of unbranched alkanes of at least 4 members (excludes halogenated alkanes) is 1. The lowest BCUT2D eigenvalue weighted by Gasteiger charge is -2.23. The van der Waals surface area contributed by atoms with Gasteiger partial charge in [0.25, 0.3) is 0 Å². The van der Waals surface area contributed by atoms with Gasteiger partial charge in [-0.15, -0.1) is 0 Å². The molecule has 1 fully saturated rings. The van der Waals surface area contributed by atoms with Gasteiger partial charge in [0, 0.05) is 6.54 Å². The van der Waals surface area contributed by atoms with Crippen LogP contribution in [0.1, 0.15) is 32.1 Å². The quantitative estimate of drug-likeness (QED) is 0.275. The molecule has 1 aliphatic rings. The van der Waals surface area contributed by atoms with Crippen LogP contribution in [0.4, 0.5) is 0 Å². The van der Waals surface area contributed by atoms with Crippen LogP contribution in [0.5, 0.6) is 0 Å². The third-order valence-electron chi connectivity index (χ3n) is 4.06. The SMILES string of the molecule is NCCCCC(NC(=O)CN)C(=O)NCC(=O)N1CCCC1C(=O)O. The summed E-state index contributed by atoms with van der Waals surface area (Å²) in [7, 11) is 0. The van der Waals surface area contributed by atoms with Gasteiger partial charge < -0.3 is 32.1 Å². The molecule has 10 heteroatoms. The molecule has 2 unspecified atom stereocenters. The number of aliphatic carboxylic acids is 1. The van der Waals surface area contributed by atoms with Gasteiger partial charge >= 0.3 is 5.97 Å². The number of hydrogen-bond donors (Lipinski definition) is 5. The van der Waals surface area contributed by atoms with Crippen LogP contribution in [0, 0.1) is 0 Å². The van der Waals surface area contributed by atoms with E-state index in [1.807, 2.05) is 0 Å². The van der Waals surface area contributed by atoms with Crippen molar-refractivity contribution in [2.24, 2.45) is 11.5 Å². The van der Waals surface area contributed by atoms with E-state index in [1.165, 1.54) is 4.90 Å². The van der Waals surface area contributed by atoms with Crippen molar-refractivity contribution in [2.75, 3.05) is 26.2 Å². The molecule has 0 aromatic carbocycles. The molecule has 0 saturated carbocycles. The van der Waals surface area contributed by atoms with Crippen LogP contribution in [-0.4, -0.2) is 72.0 Å². The summed E-state index contributed by atoms with van der Waals surface area (Å²) in [4.78, 5) is 48.2. The molecule has 0 bridgehead atoms. The van der Waals surface area contributed by atoms with Gasteiger partial charge in [-0.1, -0.05) is 0 Å². The third kappa shape index (κ3) is 6.67. The largest absolute Gasteiger partial charge is 0.480 e. The van der Waals surface area contributed by atoms with E-state index in [2.05, 4.69) is 10.6 Å². The standard InChI is InChI=1S/C15H27N5O5/c16-6-2-1-4-10(19-12(21)8-17)14(23)18-9-13(22)20-7-3-5-11(20)15(24)25/h10-11H,1-9,16-17H2,(H,18,23)(H,19,21)(H,24,25). The number of nitrogens with one attached hydrogen (secondary N) is 2. The number of carboxylic acids is 1. The van der Waals surface area contributed by atoms with Gasteiger partial charge in [0.15, 0.2) is 0 Å². The molecule has 1 saturated heterocycles. The topological polar surface area (TPSA) is 168 Å². The number of likely N-dealkylation sites (tertiary alicyclic amines) is 1. The number of amides is 3. The highest BCUT2D eigenvalue weighted by atomic mass is 16.4. The minimum Gasteiger partial charge on any atom is -0.480 e. The Balaban J connectivity index is 2.55. The van der Waals surface area contributed by atoms with Gasteiger partial charge in [-0.2, -0.15) is 0 Å². The third-order valence-corrected chi connectivity index (χ3v) is 4.06. The van der Waals surface area contributed by atoms with Gasteiger partial charge in [-0.05, 0) is 38.6 Å². The van der Waals surface area contributed by atoms with Crippen molar-refractivity contribution in [2.45, 2.75) is 44.2 Å². The molecular formula is C15H27N5O5. The number of nitrogens with zero attached hydrogens (tertiary/aromatic N) is 1. The molecular weight excluding hydrogens is 330 g/mol. The fourth-order valence-corrected chi connectivity index (χ4v) is 2.72. The molecule has 0 aromatic heterocycles. The van der Waals surface area contributed by atoms with Crippen LogP contribution >= 0.6 is 0 Å². The van der Waals surface area contributed by atoms with Crippen molar-refractivity contribution in [1.29, 1.82) is 0 Å². The van der Waals surface area contributed by atoms with Gasteiger partial charge in [0.1, 0.15) is 12.1 Å². The summed E-state index contributed by atoms with van der Waals surface area (Å²) in [5.74, 6) is -2.47. The van der Waals surface area contributed by atoms with E-state index < -0.39 is 35.8 Å². The fraction of sp³-hybridized carbons (Fsp3) is 0.733. The number of carbonyl (C=O) groups is 4.